The second-order valence-electron chi connectivity index (χ2n) is 1.99. The predicted molar refractivity (Wildman–Crippen MR) is 28.7 cm³/mol. The number of rotatable bonds is 1. The maximum absolute atomic E-state index is 10.1. The fraction of sp³-hybridized carbons (Fsp3) is 0.800. The first-order valence-corrected chi connectivity index (χ1v) is 2.77. The van der Waals surface area contributed by atoms with Gasteiger partial charge >= 0.3 is 26.4 Å². The van der Waals surface area contributed by atoms with Gasteiger partial charge in [0.2, 0.25) is 0 Å². The number of aliphatic carboxylic acids is 1. The average Bonchev–Trinajstić information content (AvgIpc) is 2.12. The molecule has 4 heteroatoms. The van der Waals surface area contributed by atoms with Crippen molar-refractivity contribution >= 4 is 5.97 Å². The van der Waals surface area contributed by atoms with Crippen LogP contribution >= 0.6 is 0 Å². The van der Waals surface area contributed by atoms with E-state index in [1.807, 2.05) is 0 Å². The largest absolute Gasteiger partial charge is 2.00 e. The van der Waals surface area contributed by atoms with Crippen molar-refractivity contribution in [2.24, 2.45) is 0 Å². The summed E-state index contributed by atoms with van der Waals surface area (Å²) < 4.78 is 0. The molecule has 1 rings (SSSR count). The standard InChI is InChI=1S/C5H9NO2.Pd/c7-5(8)4-2-1-3-6-4;/h4,6H,1-3H2,(H,7,8);/q;+2. The molecule has 2 N–H and O–H groups in total. The van der Waals surface area contributed by atoms with Gasteiger partial charge in [-0.05, 0) is 19.4 Å². The molecule has 1 aliphatic rings. The van der Waals surface area contributed by atoms with Crippen LogP contribution in [-0.4, -0.2) is 23.7 Å². The summed E-state index contributed by atoms with van der Waals surface area (Å²) in [6, 6.07) is -0.269. The average molecular weight is 222 g/mol. The van der Waals surface area contributed by atoms with E-state index in [4.69, 9.17) is 5.11 Å². The zero-order valence-corrected chi connectivity index (χ0v) is 6.42. The van der Waals surface area contributed by atoms with Crippen molar-refractivity contribution in [1.29, 1.82) is 0 Å². The van der Waals surface area contributed by atoms with Gasteiger partial charge in [0.15, 0.2) is 0 Å². The Morgan fingerprint density at radius 1 is 1.67 bits per heavy atom. The Morgan fingerprint density at radius 2 is 2.33 bits per heavy atom. The van der Waals surface area contributed by atoms with Crippen LogP contribution in [0.5, 0.6) is 0 Å². The molecule has 1 heterocycles. The van der Waals surface area contributed by atoms with Gasteiger partial charge in [0, 0.05) is 0 Å². The summed E-state index contributed by atoms with van der Waals surface area (Å²) in [5, 5.41) is 11.2. The van der Waals surface area contributed by atoms with Gasteiger partial charge in [0.1, 0.15) is 6.04 Å². The van der Waals surface area contributed by atoms with Crippen LogP contribution in [0.1, 0.15) is 12.8 Å². The molecule has 1 atom stereocenters. The van der Waals surface area contributed by atoms with Crippen LogP contribution in [0.3, 0.4) is 0 Å². The molecular formula is C5H9NO2Pd+2. The van der Waals surface area contributed by atoms with E-state index in [2.05, 4.69) is 5.32 Å². The number of hydrogen-bond donors (Lipinski definition) is 2. The molecule has 0 aromatic heterocycles. The van der Waals surface area contributed by atoms with Crippen LogP contribution in [0, 0.1) is 0 Å². The minimum atomic E-state index is -0.720. The van der Waals surface area contributed by atoms with Crippen molar-refractivity contribution in [2.75, 3.05) is 6.54 Å². The first kappa shape index (κ1) is 9.09. The molecule has 1 saturated heterocycles. The fourth-order valence-electron chi connectivity index (χ4n) is 0.895. The van der Waals surface area contributed by atoms with Crippen LogP contribution in [0.25, 0.3) is 0 Å². The van der Waals surface area contributed by atoms with Crippen molar-refractivity contribution in [3.63, 3.8) is 0 Å². The van der Waals surface area contributed by atoms with Crippen LogP contribution in [0.15, 0.2) is 0 Å². The molecule has 1 fully saturated rings. The Labute approximate surface area is 67.5 Å². The summed E-state index contributed by atoms with van der Waals surface area (Å²) in [5.74, 6) is -0.720. The summed E-state index contributed by atoms with van der Waals surface area (Å²) in [4.78, 5) is 10.1. The quantitative estimate of drug-likeness (QED) is 0.604. The van der Waals surface area contributed by atoms with Crippen LogP contribution in [0.4, 0.5) is 0 Å². The van der Waals surface area contributed by atoms with Crippen molar-refractivity contribution in [1.82, 2.24) is 5.32 Å². The molecule has 0 bridgehead atoms. The summed E-state index contributed by atoms with van der Waals surface area (Å²) in [5.41, 5.74) is 0. The molecule has 0 spiro atoms. The number of carbonyl (C=O) groups is 1. The van der Waals surface area contributed by atoms with Gasteiger partial charge < -0.3 is 10.4 Å². The number of carboxylic acid groups (broad SMARTS) is 1. The summed E-state index contributed by atoms with van der Waals surface area (Å²) in [6.07, 6.45) is 1.78. The van der Waals surface area contributed by atoms with Crippen molar-refractivity contribution < 1.29 is 30.3 Å². The Kier molecular flexibility index (Phi) is 4.04. The summed E-state index contributed by atoms with van der Waals surface area (Å²) in [7, 11) is 0. The van der Waals surface area contributed by atoms with Crippen LogP contribution in [0.2, 0.25) is 0 Å². The van der Waals surface area contributed by atoms with Crippen LogP contribution < -0.4 is 5.32 Å². The zero-order chi connectivity index (χ0) is 5.98. The smallest absolute Gasteiger partial charge is 0.480 e. The summed E-state index contributed by atoms with van der Waals surface area (Å²) in [6.45, 7) is 0.858. The number of carboxylic acids is 1. The van der Waals surface area contributed by atoms with Gasteiger partial charge in [-0.15, -0.1) is 0 Å². The maximum Gasteiger partial charge on any atom is 2.00 e. The molecule has 0 saturated carbocycles. The third-order valence-corrected chi connectivity index (χ3v) is 1.36. The molecular weight excluding hydrogens is 212 g/mol. The van der Waals surface area contributed by atoms with Gasteiger partial charge in [-0.3, -0.25) is 4.79 Å². The van der Waals surface area contributed by atoms with E-state index in [0.29, 0.717) is 0 Å². The van der Waals surface area contributed by atoms with E-state index in [0.717, 1.165) is 19.4 Å². The Balaban J connectivity index is 0.000000640. The van der Waals surface area contributed by atoms with Gasteiger partial charge in [-0.25, -0.2) is 0 Å². The second kappa shape index (κ2) is 4.00. The first-order chi connectivity index (χ1) is 3.80. The molecule has 3 nitrogen and oxygen atoms in total. The first-order valence-electron chi connectivity index (χ1n) is 2.77. The van der Waals surface area contributed by atoms with E-state index in [-0.39, 0.29) is 26.5 Å². The Bertz CT molecular complexity index is 101. The fourth-order valence-corrected chi connectivity index (χ4v) is 0.895. The van der Waals surface area contributed by atoms with E-state index in [1.54, 1.807) is 0 Å². The van der Waals surface area contributed by atoms with Crippen molar-refractivity contribution in [3.8, 4) is 0 Å². The third-order valence-electron chi connectivity index (χ3n) is 1.36. The van der Waals surface area contributed by atoms with Gasteiger partial charge in [-0.1, -0.05) is 0 Å². The van der Waals surface area contributed by atoms with Crippen molar-refractivity contribution in [3.05, 3.63) is 0 Å². The second-order valence-corrected chi connectivity index (χ2v) is 1.99. The molecule has 0 aliphatic carbocycles. The molecule has 0 radical (unpaired) electrons. The summed E-state index contributed by atoms with van der Waals surface area (Å²) >= 11 is 0. The van der Waals surface area contributed by atoms with Gasteiger partial charge in [0.25, 0.3) is 0 Å². The van der Waals surface area contributed by atoms with Gasteiger partial charge in [0.05, 0.1) is 0 Å². The molecule has 9 heavy (non-hydrogen) atoms. The maximum atomic E-state index is 10.1. The zero-order valence-electron chi connectivity index (χ0n) is 4.87. The monoisotopic (exact) mass is 221 g/mol. The van der Waals surface area contributed by atoms with E-state index >= 15 is 0 Å². The predicted octanol–water partition coefficient (Wildman–Crippen LogP) is -0.179. The Morgan fingerprint density at radius 3 is 2.56 bits per heavy atom. The topological polar surface area (TPSA) is 49.3 Å². The molecule has 0 aromatic carbocycles. The third kappa shape index (κ3) is 2.44. The molecule has 1 aliphatic heterocycles. The Hall–Kier alpha value is 0.0923. The molecule has 54 valence electrons. The van der Waals surface area contributed by atoms with Crippen molar-refractivity contribution in [2.45, 2.75) is 18.9 Å². The molecule has 0 aromatic rings. The van der Waals surface area contributed by atoms with Gasteiger partial charge in [-0.2, -0.15) is 0 Å². The number of hydrogen-bond acceptors (Lipinski definition) is 2. The normalized spacial score (nSPS) is 25.1. The van der Waals surface area contributed by atoms with E-state index < -0.39 is 5.97 Å². The van der Waals surface area contributed by atoms with Crippen LogP contribution in [-0.2, 0) is 25.2 Å². The molecule has 0 amide bonds. The minimum absolute atomic E-state index is 0. The minimum Gasteiger partial charge on any atom is -0.480 e. The SMILES string of the molecule is O=C(O)C1CCCN1.[Pd+2]. The van der Waals surface area contributed by atoms with E-state index in [9.17, 15) is 4.79 Å². The molecule has 1 unspecified atom stereocenters. The number of nitrogens with one attached hydrogen (secondary N) is 1. The van der Waals surface area contributed by atoms with E-state index in [1.165, 1.54) is 0 Å².